The van der Waals surface area contributed by atoms with Gasteiger partial charge in [-0.15, -0.1) is 0 Å². The van der Waals surface area contributed by atoms with Crippen LogP contribution in [0.15, 0.2) is 50.2 Å². The third-order valence-electron chi connectivity index (χ3n) is 4.10. The van der Waals surface area contributed by atoms with Gasteiger partial charge in [0, 0.05) is 10.9 Å². The van der Waals surface area contributed by atoms with E-state index in [9.17, 15) is 4.79 Å². The summed E-state index contributed by atoms with van der Waals surface area (Å²) < 4.78 is 11.2. The number of furan rings is 1. The first kappa shape index (κ1) is 12.2. The van der Waals surface area contributed by atoms with Crippen LogP contribution < -0.4 is 5.63 Å². The Bertz CT molecular complexity index is 1050. The molecule has 0 N–H and O–H groups in total. The van der Waals surface area contributed by atoms with Crippen molar-refractivity contribution in [3.63, 3.8) is 0 Å². The summed E-state index contributed by atoms with van der Waals surface area (Å²) in [7, 11) is 0. The minimum Gasteiger partial charge on any atom is -0.463 e. The summed E-state index contributed by atoms with van der Waals surface area (Å²) in [6.07, 6.45) is 2.54. The molecule has 0 atom stereocenters. The van der Waals surface area contributed by atoms with E-state index in [1.165, 1.54) is 5.56 Å². The van der Waals surface area contributed by atoms with Crippen molar-refractivity contribution in [2.24, 2.45) is 0 Å². The average molecular weight is 278 g/mol. The summed E-state index contributed by atoms with van der Waals surface area (Å²) in [5, 5.41) is 3.46. The van der Waals surface area contributed by atoms with Crippen molar-refractivity contribution >= 4 is 32.7 Å². The van der Waals surface area contributed by atoms with Crippen molar-refractivity contribution in [1.29, 1.82) is 0 Å². The van der Waals surface area contributed by atoms with E-state index in [-0.39, 0.29) is 5.63 Å². The lowest BCUT2D eigenvalue weighted by Crippen LogP contribution is -1.99. The predicted octanol–water partition coefficient (Wildman–Crippen LogP) is 4.56. The molecule has 0 spiro atoms. The number of hydrogen-bond acceptors (Lipinski definition) is 3. The van der Waals surface area contributed by atoms with Crippen LogP contribution in [0.4, 0.5) is 0 Å². The van der Waals surface area contributed by atoms with Crippen molar-refractivity contribution in [3.8, 4) is 0 Å². The van der Waals surface area contributed by atoms with Gasteiger partial charge in [0.05, 0.1) is 11.6 Å². The van der Waals surface area contributed by atoms with E-state index < -0.39 is 0 Å². The molecule has 3 heteroatoms. The number of benzene rings is 2. The molecule has 0 aliphatic carbocycles. The lowest BCUT2D eigenvalue weighted by Gasteiger charge is -2.06. The summed E-state index contributed by atoms with van der Waals surface area (Å²) >= 11 is 0. The highest BCUT2D eigenvalue weighted by atomic mass is 16.4. The second-order valence-corrected chi connectivity index (χ2v) is 5.32. The molecule has 0 aliphatic heterocycles. The van der Waals surface area contributed by atoms with Gasteiger partial charge in [-0.05, 0) is 30.4 Å². The molecule has 0 amide bonds. The molecule has 0 unspecified atom stereocenters. The van der Waals surface area contributed by atoms with Gasteiger partial charge in [0.2, 0.25) is 0 Å². The van der Waals surface area contributed by atoms with Gasteiger partial charge in [-0.2, -0.15) is 0 Å². The second kappa shape index (κ2) is 4.22. The molecule has 4 aromatic rings. The second-order valence-electron chi connectivity index (χ2n) is 5.32. The molecule has 0 aliphatic rings. The number of fused-ring (bicyclic) bond motifs is 5. The third kappa shape index (κ3) is 1.57. The quantitative estimate of drug-likeness (QED) is 0.378. The first-order valence-electron chi connectivity index (χ1n) is 7.06. The van der Waals surface area contributed by atoms with Crippen molar-refractivity contribution in [2.75, 3.05) is 0 Å². The molecule has 0 fully saturated rings. The monoisotopic (exact) mass is 278 g/mol. The first-order valence-corrected chi connectivity index (χ1v) is 7.06. The summed E-state index contributed by atoms with van der Waals surface area (Å²) in [6, 6.07) is 10.1. The summed E-state index contributed by atoms with van der Waals surface area (Å²) in [4.78, 5) is 12.2. The van der Waals surface area contributed by atoms with Gasteiger partial charge in [0.25, 0.3) is 0 Å². The van der Waals surface area contributed by atoms with Crippen LogP contribution in [0.5, 0.6) is 0 Å². The highest BCUT2D eigenvalue weighted by Gasteiger charge is 2.15. The van der Waals surface area contributed by atoms with Crippen LogP contribution in [0, 0.1) is 6.92 Å². The van der Waals surface area contributed by atoms with Crippen molar-refractivity contribution in [3.05, 3.63) is 58.1 Å². The van der Waals surface area contributed by atoms with Crippen LogP contribution in [0.2, 0.25) is 0 Å². The predicted molar refractivity (Wildman–Crippen MR) is 83.9 cm³/mol. The van der Waals surface area contributed by atoms with E-state index in [0.29, 0.717) is 16.6 Å². The Labute approximate surface area is 120 Å². The van der Waals surface area contributed by atoms with Crippen LogP contribution in [-0.4, -0.2) is 0 Å². The maximum Gasteiger partial charge on any atom is 0.347 e. The van der Waals surface area contributed by atoms with Gasteiger partial charge in [0.15, 0.2) is 5.58 Å². The largest absolute Gasteiger partial charge is 0.463 e. The molecule has 0 bridgehead atoms. The Morgan fingerprint density at radius 1 is 1.00 bits per heavy atom. The van der Waals surface area contributed by atoms with Gasteiger partial charge in [0.1, 0.15) is 11.0 Å². The van der Waals surface area contributed by atoms with E-state index in [1.54, 1.807) is 6.26 Å². The van der Waals surface area contributed by atoms with E-state index in [0.717, 1.165) is 28.1 Å². The minimum atomic E-state index is -0.335. The normalized spacial score (nSPS) is 11.7. The lowest BCUT2D eigenvalue weighted by molar-refractivity contribution is 0.567. The van der Waals surface area contributed by atoms with Crippen molar-refractivity contribution < 1.29 is 8.83 Å². The summed E-state index contributed by atoms with van der Waals surface area (Å²) in [5.74, 6) is 0. The molecule has 2 heterocycles. The first-order chi connectivity index (χ1) is 10.2. The fraction of sp³-hybridized carbons (Fsp3) is 0.167. The van der Waals surface area contributed by atoms with Gasteiger partial charge >= 0.3 is 5.63 Å². The molecule has 0 saturated heterocycles. The smallest absolute Gasteiger partial charge is 0.347 e. The van der Waals surface area contributed by atoms with Gasteiger partial charge in [-0.1, -0.05) is 31.2 Å². The van der Waals surface area contributed by atoms with E-state index in [2.05, 4.69) is 19.1 Å². The summed E-state index contributed by atoms with van der Waals surface area (Å²) in [5.41, 5.74) is 2.94. The lowest BCUT2D eigenvalue weighted by atomic mass is 10.00. The maximum absolute atomic E-state index is 12.2. The molecule has 104 valence electrons. The maximum atomic E-state index is 12.2. The Morgan fingerprint density at radius 2 is 1.81 bits per heavy atom. The Morgan fingerprint density at radius 3 is 2.62 bits per heavy atom. The van der Waals surface area contributed by atoms with Crippen molar-refractivity contribution in [1.82, 2.24) is 0 Å². The number of aryl methyl sites for hydroxylation is 2. The molecule has 0 radical (unpaired) electrons. The Hall–Kier alpha value is -2.55. The molecule has 21 heavy (non-hydrogen) atoms. The minimum absolute atomic E-state index is 0.335. The SMILES string of the molecule is CCc1cccc2c1ccc1c3occ(C)c3c(=O)oc21. The fourth-order valence-corrected chi connectivity index (χ4v) is 3.03. The fourth-order valence-electron chi connectivity index (χ4n) is 3.03. The standard InChI is InChI=1S/C18H14O3/c1-3-11-5-4-6-13-12(11)7-8-14-16(13)21-18(19)15-10(2)9-20-17(14)15/h4-9H,3H2,1-2H3. The Kier molecular flexibility index (Phi) is 2.45. The molecule has 3 nitrogen and oxygen atoms in total. The molecule has 2 aromatic heterocycles. The zero-order valence-corrected chi connectivity index (χ0v) is 11.9. The molecular formula is C18H14O3. The van der Waals surface area contributed by atoms with Gasteiger partial charge < -0.3 is 8.83 Å². The van der Waals surface area contributed by atoms with Crippen LogP contribution in [0.3, 0.4) is 0 Å². The number of hydrogen-bond donors (Lipinski definition) is 0. The van der Waals surface area contributed by atoms with Crippen LogP contribution >= 0.6 is 0 Å². The number of rotatable bonds is 1. The zero-order chi connectivity index (χ0) is 14.6. The van der Waals surface area contributed by atoms with E-state index >= 15 is 0 Å². The van der Waals surface area contributed by atoms with Gasteiger partial charge in [-0.3, -0.25) is 0 Å². The molecule has 0 saturated carbocycles. The topological polar surface area (TPSA) is 43.4 Å². The zero-order valence-electron chi connectivity index (χ0n) is 11.9. The Balaban J connectivity index is 2.30. The summed E-state index contributed by atoms with van der Waals surface area (Å²) in [6.45, 7) is 3.97. The van der Waals surface area contributed by atoms with Crippen molar-refractivity contribution in [2.45, 2.75) is 20.3 Å². The van der Waals surface area contributed by atoms with Crippen LogP contribution in [-0.2, 0) is 6.42 Å². The van der Waals surface area contributed by atoms with Crippen LogP contribution in [0.25, 0.3) is 32.7 Å². The van der Waals surface area contributed by atoms with Crippen LogP contribution in [0.1, 0.15) is 18.1 Å². The third-order valence-corrected chi connectivity index (χ3v) is 4.10. The molecule has 4 rings (SSSR count). The molecular weight excluding hydrogens is 264 g/mol. The molecule has 2 aromatic carbocycles. The van der Waals surface area contributed by atoms with E-state index in [4.69, 9.17) is 8.83 Å². The van der Waals surface area contributed by atoms with Gasteiger partial charge in [-0.25, -0.2) is 4.79 Å². The average Bonchev–Trinajstić information content (AvgIpc) is 2.89. The highest BCUT2D eigenvalue weighted by molar-refractivity contribution is 6.13. The van der Waals surface area contributed by atoms with E-state index in [1.807, 2.05) is 25.1 Å². The highest BCUT2D eigenvalue weighted by Crippen LogP contribution is 2.32.